The summed E-state index contributed by atoms with van der Waals surface area (Å²) in [6.07, 6.45) is 2.54. The Labute approximate surface area is 94.5 Å². The van der Waals surface area contributed by atoms with Crippen LogP contribution in [0.5, 0.6) is 0 Å². The number of amides is 1. The van der Waals surface area contributed by atoms with Gasteiger partial charge in [-0.2, -0.15) is 4.98 Å². The fraction of sp³-hybridized carbons (Fsp3) is 0.556. The van der Waals surface area contributed by atoms with Gasteiger partial charge >= 0.3 is 0 Å². The maximum Gasteiger partial charge on any atom is 0.276 e. The van der Waals surface area contributed by atoms with Gasteiger partial charge in [-0.3, -0.25) is 4.79 Å². The molecule has 0 saturated carbocycles. The number of morpholine rings is 1. The third kappa shape index (κ3) is 1.48. The molecule has 2 atom stereocenters. The van der Waals surface area contributed by atoms with Crippen LogP contribution in [0, 0.1) is 0 Å². The van der Waals surface area contributed by atoms with E-state index in [0.29, 0.717) is 23.6 Å². The van der Waals surface area contributed by atoms with E-state index in [1.54, 1.807) is 0 Å². The first-order valence-corrected chi connectivity index (χ1v) is 5.57. The predicted molar refractivity (Wildman–Crippen MR) is 53.4 cm³/mol. The molecule has 1 amide bonds. The summed E-state index contributed by atoms with van der Waals surface area (Å²) in [4.78, 5) is 18.1. The van der Waals surface area contributed by atoms with Gasteiger partial charge in [0.05, 0.1) is 18.8 Å². The molecule has 15 heavy (non-hydrogen) atoms. The molecule has 6 heteroatoms. The predicted octanol–water partition coefficient (Wildman–Crippen LogP) is 1.05. The van der Waals surface area contributed by atoms with E-state index >= 15 is 0 Å². The van der Waals surface area contributed by atoms with E-state index in [1.165, 1.54) is 6.26 Å². The minimum absolute atomic E-state index is 0.0692. The highest BCUT2D eigenvalue weighted by Gasteiger charge is 2.42. The Kier molecular flexibility index (Phi) is 2.07. The van der Waals surface area contributed by atoms with Crippen molar-refractivity contribution < 1.29 is 13.9 Å². The molecule has 3 rings (SSSR count). The number of rotatable bonds is 1. The van der Waals surface area contributed by atoms with E-state index in [0.717, 1.165) is 6.42 Å². The zero-order chi connectivity index (χ0) is 10.4. The highest BCUT2D eigenvalue weighted by Crippen LogP contribution is 2.29. The second-order valence-corrected chi connectivity index (χ2v) is 4.47. The Balaban J connectivity index is 1.81. The quantitative estimate of drug-likeness (QED) is 0.767. The Hall–Kier alpha value is -0.880. The Morgan fingerprint density at radius 2 is 2.53 bits per heavy atom. The van der Waals surface area contributed by atoms with Gasteiger partial charge in [0.1, 0.15) is 6.26 Å². The van der Waals surface area contributed by atoms with Gasteiger partial charge in [-0.25, -0.2) is 0 Å². The molecular weight excluding hydrogens is 264 g/mol. The van der Waals surface area contributed by atoms with Crippen LogP contribution in [-0.4, -0.2) is 41.1 Å². The van der Waals surface area contributed by atoms with Gasteiger partial charge in [-0.15, -0.1) is 0 Å². The van der Waals surface area contributed by atoms with E-state index in [1.807, 2.05) is 4.90 Å². The Morgan fingerprint density at radius 1 is 1.67 bits per heavy atom. The van der Waals surface area contributed by atoms with Crippen molar-refractivity contribution in [1.29, 1.82) is 0 Å². The molecule has 0 aliphatic carbocycles. The molecule has 1 aromatic heterocycles. The van der Waals surface area contributed by atoms with E-state index in [4.69, 9.17) is 9.15 Å². The van der Waals surface area contributed by atoms with Gasteiger partial charge in [0, 0.05) is 22.5 Å². The molecule has 2 unspecified atom stereocenters. The van der Waals surface area contributed by atoms with Crippen molar-refractivity contribution in [3.63, 3.8) is 0 Å². The lowest BCUT2D eigenvalue weighted by atomic mass is 10.2. The first-order chi connectivity index (χ1) is 7.24. The summed E-state index contributed by atoms with van der Waals surface area (Å²) in [5, 5.41) is 0. The van der Waals surface area contributed by atoms with Crippen LogP contribution in [0.15, 0.2) is 15.5 Å². The summed E-state index contributed by atoms with van der Waals surface area (Å²) in [7, 11) is 0. The molecule has 2 bridgehead atoms. The number of carbonyl (C=O) groups excluding carboxylic acids is 1. The normalized spacial score (nSPS) is 28.7. The van der Waals surface area contributed by atoms with Gasteiger partial charge in [-0.05, 0) is 6.42 Å². The number of fused-ring (bicyclic) bond motifs is 2. The minimum Gasteiger partial charge on any atom is -0.439 e. The number of aromatic nitrogens is 1. The van der Waals surface area contributed by atoms with Crippen LogP contribution >= 0.6 is 15.9 Å². The largest absolute Gasteiger partial charge is 0.439 e. The zero-order valence-electron chi connectivity index (χ0n) is 7.85. The van der Waals surface area contributed by atoms with Crippen molar-refractivity contribution in [3.05, 3.63) is 16.8 Å². The average molecular weight is 273 g/mol. The number of carbonyl (C=O) groups is 1. The third-order valence-corrected chi connectivity index (χ3v) is 3.22. The molecule has 2 saturated heterocycles. The Morgan fingerprint density at radius 3 is 3.07 bits per heavy atom. The molecule has 0 spiro atoms. The van der Waals surface area contributed by atoms with Gasteiger partial charge < -0.3 is 14.1 Å². The van der Waals surface area contributed by atoms with Crippen LogP contribution in [-0.2, 0) is 4.74 Å². The van der Waals surface area contributed by atoms with Crippen molar-refractivity contribution in [2.75, 3.05) is 13.2 Å². The fourth-order valence-electron chi connectivity index (χ4n) is 2.15. The van der Waals surface area contributed by atoms with Crippen LogP contribution in [0.2, 0.25) is 0 Å². The number of oxazole rings is 1. The molecule has 0 N–H and O–H groups in total. The SMILES string of the molecule is O=C(c1coc(Br)n1)N1CC2CC1CO2. The number of hydrogen-bond acceptors (Lipinski definition) is 4. The molecule has 1 aromatic rings. The highest BCUT2D eigenvalue weighted by atomic mass is 79.9. The summed E-state index contributed by atoms with van der Waals surface area (Å²) in [6, 6.07) is 0.220. The first-order valence-electron chi connectivity index (χ1n) is 4.77. The molecule has 0 aromatic carbocycles. The lowest BCUT2D eigenvalue weighted by Crippen LogP contribution is -2.41. The van der Waals surface area contributed by atoms with Gasteiger partial charge in [0.2, 0.25) is 0 Å². The highest BCUT2D eigenvalue weighted by molar-refractivity contribution is 9.10. The number of ether oxygens (including phenoxy) is 1. The molecule has 3 heterocycles. The summed E-state index contributed by atoms with van der Waals surface area (Å²) in [5.74, 6) is -0.0692. The second kappa shape index (κ2) is 3.31. The standard InChI is InChI=1S/C9H9BrN2O3/c10-9-11-7(4-15-9)8(13)12-2-6-1-5(12)3-14-6/h4-6H,1-3H2. The molecule has 2 aliphatic heterocycles. The number of halogens is 1. The van der Waals surface area contributed by atoms with E-state index in [-0.39, 0.29) is 18.1 Å². The molecule has 5 nitrogen and oxygen atoms in total. The van der Waals surface area contributed by atoms with Gasteiger partial charge in [-0.1, -0.05) is 0 Å². The number of nitrogens with zero attached hydrogens (tertiary/aromatic N) is 2. The van der Waals surface area contributed by atoms with Crippen LogP contribution in [0.4, 0.5) is 0 Å². The topological polar surface area (TPSA) is 55.6 Å². The molecule has 80 valence electrons. The Bertz CT molecular complexity index is 406. The smallest absolute Gasteiger partial charge is 0.276 e. The summed E-state index contributed by atoms with van der Waals surface area (Å²) in [6.45, 7) is 1.32. The van der Waals surface area contributed by atoms with Crippen molar-refractivity contribution in [2.24, 2.45) is 0 Å². The van der Waals surface area contributed by atoms with E-state index in [2.05, 4.69) is 20.9 Å². The molecular formula is C9H9BrN2O3. The van der Waals surface area contributed by atoms with Crippen molar-refractivity contribution in [2.45, 2.75) is 18.6 Å². The first kappa shape index (κ1) is 9.35. The van der Waals surface area contributed by atoms with Crippen LogP contribution in [0.25, 0.3) is 0 Å². The molecule has 2 aliphatic rings. The summed E-state index contributed by atoms with van der Waals surface area (Å²) >= 11 is 3.08. The minimum atomic E-state index is -0.0692. The van der Waals surface area contributed by atoms with Crippen molar-refractivity contribution in [1.82, 2.24) is 9.88 Å². The van der Waals surface area contributed by atoms with Crippen molar-refractivity contribution >= 4 is 21.8 Å². The van der Waals surface area contributed by atoms with Gasteiger partial charge in [0.15, 0.2) is 5.69 Å². The van der Waals surface area contributed by atoms with Crippen LogP contribution in [0.3, 0.4) is 0 Å². The average Bonchev–Trinajstić information content (AvgIpc) is 2.90. The van der Waals surface area contributed by atoms with E-state index < -0.39 is 0 Å². The number of hydrogen-bond donors (Lipinski definition) is 0. The monoisotopic (exact) mass is 272 g/mol. The van der Waals surface area contributed by atoms with E-state index in [9.17, 15) is 4.79 Å². The molecule has 0 radical (unpaired) electrons. The fourth-order valence-corrected chi connectivity index (χ4v) is 2.43. The summed E-state index contributed by atoms with van der Waals surface area (Å²) < 4.78 is 10.4. The lowest BCUT2D eigenvalue weighted by Gasteiger charge is -2.25. The van der Waals surface area contributed by atoms with Crippen molar-refractivity contribution in [3.8, 4) is 0 Å². The maximum atomic E-state index is 12.0. The maximum absolute atomic E-state index is 12.0. The third-order valence-electron chi connectivity index (χ3n) is 2.86. The molecule has 2 fully saturated rings. The summed E-state index contributed by atoms with van der Waals surface area (Å²) in [5.41, 5.74) is 0.356. The van der Waals surface area contributed by atoms with Crippen LogP contribution in [0.1, 0.15) is 16.9 Å². The van der Waals surface area contributed by atoms with Gasteiger partial charge in [0.25, 0.3) is 10.7 Å². The second-order valence-electron chi connectivity index (χ2n) is 3.79. The lowest BCUT2D eigenvalue weighted by molar-refractivity contribution is 0.0255. The number of likely N-dealkylation sites (tertiary alicyclic amines) is 1. The van der Waals surface area contributed by atoms with Crippen LogP contribution < -0.4 is 0 Å². The zero-order valence-corrected chi connectivity index (χ0v) is 9.44.